The first-order valence-corrected chi connectivity index (χ1v) is 5.23. The average Bonchev–Trinajstić information content (AvgIpc) is 2.29. The zero-order chi connectivity index (χ0) is 11.1. The third kappa shape index (κ3) is 3.58. The maximum atomic E-state index is 4.48. The highest BCUT2D eigenvalue weighted by molar-refractivity contribution is 6.08. The van der Waals surface area contributed by atoms with Gasteiger partial charge in [0.25, 0.3) is 0 Å². The molecule has 80 valence electrons. The van der Waals surface area contributed by atoms with Crippen LogP contribution in [0.2, 0.25) is 0 Å². The van der Waals surface area contributed by atoms with Crippen molar-refractivity contribution < 1.29 is 0 Å². The van der Waals surface area contributed by atoms with Gasteiger partial charge in [-0.25, -0.2) is 0 Å². The summed E-state index contributed by atoms with van der Waals surface area (Å²) in [6, 6.07) is 10.2. The molecule has 0 aliphatic carbocycles. The molecule has 15 heavy (non-hydrogen) atoms. The van der Waals surface area contributed by atoms with E-state index < -0.39 is 0 Å². The molecule has 0 fully saturated rings. The number of nitrogens with zero attached hydrogens (tertiary/aromatic N) is 1. The molecule has 0 aliphatic rings. The Bertz CT molecular complexity index is 350. The standard InChI is InChI=1S/C13H18N2/c1-4-15-13(10-11(2)14-3)12-8-6-5-7-9-12/h5-10,14H,4H2,1-3H3. The van der Waals surface area contributed by atoms with Gasteiger partial charge in [-0.2, -0.15) is 0 Å². The Hall–Kier alpha value is -1.57. The van der Waals surface area contributed by atoms with Crippen LogP contribution in [0.1, 0.15) is 19.4 Å². The second-order valence-electron chi connectivity index (χ2n) is 3.30. The molecule has 1 aromatic carbocycles. The number of allylic oxidation sites excluding steroid dienone is 2. The van der Waals surface area contributed by atoms with E-state index in [0.717, 1.165) is 23.5 Å². The van der Waals surface area contributed by atoms with Crippen LogP contribution in [-0.2, 0) is 0 Å². The van der Waals surface area contributed by atoms with Gasteiger partial charge in [0.15, 0.2) is 0 Å². The van der Waals surface area contributed by atoms with Crippen LogP contribution in [0.25, 0.3) is 0 Å². The highest BCUT2D eigenvalue weighted by Crippen LogP contribution is 2.04. The number of nitrogens with one attached hydrogen (secondary N) is 1. The number of aliphatic imine (C=N–C) groups is 1. The fraction of sp³-hybridized carbons (Fsp3) is 0.308. The SMILES string of the molecule is CCN=C(C=C(C)NC)c1ccccc1. The first-order valence-electron chi connectivity index (χ1n) is 5.23. The van der Waals surface area contributed by atoms with Crippen molar-refractivity contribution in [2.45, 2.75) is 13.8 Å². The molecule has 2 heteroatoms. The molecular formula is C13H18N2. The lowest BCUT2D eigenvalue weighted by atomic mass is 10.1. The summed E-state index contributed by atoms with van der Waals surface area (Å²) in [5, 5.41) is 3.10. The molecule has 0 atom stereocenters. The Kier molecular flexibility index (Phi) is 4.61. The second kappa shape index (κ2) is 6.02. The molecule has 0 bridgehead atoms. The maximum absolute atomic E-state index is 4.48. The van der Waals surface area contributed by atoms with Gasteiger partial charge in [-0.05, 0) is 25.5 Å². The maximum Gasteiger partial charge on any atom is 0.0663 e. The summed E-state index contributed by atoms with van der Waals surface area (Å²) in [6.45, 7) is 4.89. The predicted octanol–water partition coefficient (Wildman–Crippen LogP) is 2.62. The lowest BCUT2D eigenvalue weighted by Gasteiger charge is -2.04. The van der Waals surface area contributed by atoms with Gasteiger partial charge in [0, 0.05) is 19.3 Å². The van der Waals surface area contributed by atoms with Crippen molar-refractivity contribution in [3.05, 3.63) is 47.7 Å². The molecule has 1 N–H and O–H groups in total. The number of rotatable bonds is 4. The molecule has 0 aliphatic heterocycles. The van der Waals surface area contributed by atoms with Crippen LogP contribution in [0.5, 0.6) is 0 Å². The van der Waals surface area contributed by atoms with Crippen LogP contribution >= 0.6 is 0 Å². The molecule has 2 nitrogen and oxygen atoms in total. The topological polar surface area (TPSA) is 24.4 Å². The van der Waals surface area contributed by atoms with E-state index in [-0.39, 0.29) is 0 Å². The van der Waals surface area contributed by atoms with E-state index in [2.05, 4.69) is 28.5 Å². The monoisotopic (exact) mass is 202 g/mol. The van der Waals surface area contributed by atoms with Crippen LogP contribution in [0.4, 0.5) is 0 Å². The van der Waals surface area contributed by atoms with Gasteiger partial charge in [0.05, 0.1) is 5.71 Å². The summed E-state index contributed by atoms with van der Waals surface area (Å²) in [7, 11) is 1.92. The zero-order valence-electron chi connectivity index (χ0n) is 9.62. The quantitative estimate of drug-likeness (QED) is 0.746. The molecule has 0 saturated carbocycles. The summed E-state index contributed by atoms with van der Waals surface area (Å²) < 4.78 is 0. The minimum absolute atomic E-state index is 0.803. The summed E-state index contributed by atoms with van der Waals surface area (Å²) >= 11 is 0. The van der Waals surface area contributed by atoms with Crippen LogP contribution in [0.3, 0.4) is 0 Å². The van der Waals surface area contributed by atoms with E-state index in [1.165, 1.54) is 0 Å². The van der Waals surface area contributed by atoms with Gasteiger partial charge in [-0.3, -0.25) is 4.99 Å². The van der Waals surface area contributed by atoms with E-state index in [0.29, 0.717) is 0 Å². The van der Waals surface area contributed by atoms with Gasteiger partial charge in [0.1, 0.15) is 0 Å². The molecule has 0 saturated heterocycles. The van der Waals surface area contributed by atoms with Gasteiger partial charge in [-0.15, -0.1) is 0 Å². The Morgan fingerprint density at radius 1 is 1.33 bits per heavy atom. The van der Waals surface area contributed by atoms with Gasteiger partial charge in [0.2, 0.25) is 0 Å². The highest BCUT2D eigenvalue weighted by Gasteiger charge is 1.98. The van der Waals surface area contributed by atoms with Crippen molar-refractivity contribution >= 4 is 5.71 Å². The third-order valence-corrected chi connectivity index (χ3v) is 2.15. The normalized spacial score (nSPS) is 12.7. The van der Waals surface area contributed by atoms with Gasteiger partial charge < -0.3 is 5.32 Å². The molecule has 0 unspecified atom stereocenters. The third-order valence-electron chi connectivity index (χ3n) is 2.15. The first kappa shape index (κ1) is 11.5. The molecule has 1 aromatic rings. The Morgan fingerprint density at radius 3 is 2.53 bits per heavy atom. The number of hydrogen-bond acceptors (Lipinski definition) is 2. The van der Waals surface area contributed by atoms with E-state index in [9.17, 15) is 0 Å². The van der Waals surface area contributed by atoms with Crippen molar-refractivity contribution in [1.82, 2.24) is 5.32 Å². The zero-order valence-corrected chi connectivity index (χ0v) is 9.62. The van der Waals surface area contributed by atoms with E-state index in [1.54, 1.807) is 0 Å². The van der Waals surface area contributed by atoms with Crippen molar-refractivity contribution in [3.63, 3.8) is 0 Å². The smallest absolute Gasteiger partial charge is 0.0663 e. The molecule has 0 spiro atoms. The van der Waals surface area contributed by atoms with Gasteiger partial charge in [-0.1, -0.05) is 30.3 Å². The van der Waals surface area contributed by atoms with Crippen LogP contribution < -0.4 is 5.32 Å². The number of hydrogen-bond donors (Lipinski definition) is 1. The van der Waals surface area contributed by atoms with Crippen molar-refractivity contribution in [2.24, 2.45) is 4.99 Å². The van der Waals surface area contributed by atoms with Gasteiger partial charge >= 0.3 is 0 Å². The fourth-order valence-electron chi connectivity index (χ4n) is 1.28. The van der Waals surface area contributed by atoms with Crippen molar-refractivity contribution in [3.8, 4) is 0 Å². The van der Waals surface area contributed by atoms with Crippen LogP contribution in [-0.4, -0.2) is 19.3 Å². The molecule has 1 rings (SSSR count). The fourth-order valence-corrected chi connectivity index (χ4v) is 1.28. The first-order chi connectivity index (χ1) is 7.27. The number of benzene rings is 1. The van der Waals surface area contributed by atoms with Crippen LogP contribution in [0, 0.1) is 0 Å². The Balaban J connectivity index is 3.00. The van der Waals surface area contributed by atoms with E-state index >= 15 is 0 Å². The molecule has 0 radical (unpaired) electrons. The summed E-state index contributed by atoms with van der Waals surface area (Å²) in [5.74, 6) is 0. The van der Waals surface area contributed by atoms with Crippen molar-refractivity contribution in [1.29, 1.82) is 0 Å². The average molecular weight is 202 g/mol. The molecule has 0 heterocycles. The second-order valence-corrected chi connectivity index (χ2v) is 3.30. The minimum Gasteiger partial charge on any atom is -0.392 e. The highest BCUT2D eigenvalue weighted by atomic mass is 14.8. The summed E-state index contributed by atoms with van der Waals surface area (Å²) in [6.07, 6.45) is 2.07. The molecule has 0 aromatic heterocycles. The Morgan fingerprint density at radius 2 is 2.00 bits per heavy atom. The minimum atomic E-state index is 0.803. The summed E-state index contributed by atoms with van der Waals surface area (Å²) in [4.78, 5) is 4.48. The molecule has 0 amide bonds. The van der Waals surface area contributed by atoms with E-state index in [1.807, 2.05) is 39.1 Å². The summed E-state index contributed by atoms with van der Waals surface area (Å²) in [5.41, 5.74) is 3.31. The predicted molar refractivity (Wildman–Crippen MR) is 66.3 cm³/mol. The van der Waals surface area contributed by atoms with Crippen LogP contribution in [0.15, 0.2) is 47.1 Å². The molecular weight excluding hydrogens is 184 g/mol. The van der Waals surface area contributed by atoms with E-state index in [4.69, 9.17) is 0 Å². The largest absolute Gasteiger partial charge is 0.392 e. The van der Waals surface area contributed by atoms with Crippen molar-refractivity contribution in [2.75, 3.05) is 13.6 Å². The lowest BCUT2D eigenvalue weighted by Crippen LogP contribution is -2.06. The lowest BCUT2D eigenvalue weighted by molar-refractivity contribution is 0.991. The Labute approximate surface area is 91.7 Å².